The van der Waals surface area contributed by atoms with Gasteiger partial charge in [-0.25, -0.2) is 4.39 Å². The molecule has 0 bridgehead atoms. The summed E-state index contributed by atoms with van der Waals surface area (Å²) in [5, 5.41) is 5.52. The van der Waals surface area contributed by atoms with Crippen molar-refractivity contribution in [2.24, 2.45) is 0 Å². The molecule has 0 radical (unpaired) electrons. The molecule has 2 aromatic carbocycles. The van der Waals surface area contributed by atoms with Gasteiger partial charge in [0.2, 0.25) is 5.91 Å². The first-order valence-electron chi connectivity index (χ1n) is 9.62. The van der Waals surface area contributed by atoms with Crippen LogP contribution in [0.3, 0.4) is 0 Å². The van der Waals surface area contributed by atoms with E-state index in [9.17, 15) is 14.0 Å². The van der Waals surface area contributed by atoms with Gasteiger partial charge in [0.25, 0.3) is 5.91 Å². The van der Waals surface area contributed by atoms with Gasteiger partial charge in [-0.3, -0.25) is 9.59 Å². The Morgan fingerprint density at radius 3 is 2.50 bits per heavy atom. The number of rotatable bonds is 9. The molecule has 0 aliphatic heterocycles. The normalized spacial score (nSPS) is 11.8. The Morgan fingerprint density at radius 2 is 1.90 bits per heavy atom. The highest BCUT2D eigenvalue weighted by Crippen LogP contribution is 2.24. The van der Waals surface area contributed by atoms with Crippen LogP contribution in [0, 0.1) is 5.82 Å². The van der Waals surface area contributed by atoms with Crippen LogP contribution in [-0.4, -0.2) is 43.0 Å². The van der Waals surface area contributed by atoms with E-state index in [4.69, 9.17) is 0 Å². The van der Waals surface area contributed by atoms with Crippen molar-refractivity contribution in [2.45, 2.75) is 32.4 Å². The third-order valence-corrected chi connectivity index (χ3v) is 6.06. The van der Waals surface area contributed by atoms with Crippen LogP contribution < -0.4 is 15.5 Å². The summed E-state index contributed by atoms with van der Waals surface area (Å²) in [6.07, 6.45) is 2.39. The van der Waals surface area contributed by atoms with E-state index in [1.807, 2.05) is 38.1 Å². The highest BCUT2D eigenvalue weighted by molar-refractivity contribution is 9.10. The first-order chi connectivity index (χ1) is 14.2. The summed E-state index contributed by atoms with van der Waals surface area (Å²) in [5.41, 5.74) is 1.26. The fourth-order valence-corrected chi connectivity index (χ4v) is 3.70. The van der Waals surface area contributed by atoms with E-state index < -0.39 is 11.9 Å². The van der Waals surface area contributed by atoms with Crippen LogP contribution in [0.5, 0.6) is 0 Å². The van der Waals surface area contributed by atoms with Crippen LogP contribution in [0.15, 0.2) is 46.9 Å². The van der Waals surface area contributed by atoms with Gasteiger partial charge < -0.3 is 15.5 Å². The molecule has 0 saturated carbocycles. The molecule has 2 aromatic rings. The Kier molecular flexibility index (Phi) is 9.17. The van der Waals surface area contributed by atoms with Crippen molar-refractivity contribution in [1.82, 2.24) is 5.32 Å². The number of amides is 2. The smallest absolute Gasteiger partial charge is 0.253 e. The first kappa shape index (κ1) is 24.2. The van der Waals surface area contributed by atoms with E-state index in [0.717, 1.165) is 0 Å². The number of nitrogens with one attached hydrogen (secondary N) is 2. The van der Waals surface area contributed by atoms with Crippen LogP contribution in [0.4, 0.5) is 15.8 Å². The lowest BCUT2D eigenvalue weighted by molar-refractivity contribution is -0.118. The monoisotopic (exact) mass is 495 g/mol. The Bertz CT molecular complexity index is 894. The van der Waals surface area contributed by atoms with Crippen LogP contribution in [0.25, 0.3) is 0 Å². The number of anilines is 2. The molecule has 30 heavy (non-hydrogen) atoms. The molecular weight excluding hydrogens is 469 g/mol. The van der Waals surface area contributed by atoms with E-state index in [0.29, 0.717) is 33.6 Å². The molecule has 0 aliphatic rings. The van der Waals surface area contributed by atoms with Gasteiger partial charge in [-0.2, -0.15) is 11.8 Å². The van der Waals surface area contributed by atoms with Crippen molar-refractivity contribution in [3.8, 4) is 0 Å². The first-order valence-corrected chi connectivity index (χ1v) is 11.8. The lowest BCUT2D eigenvalue weighted by Crippen LogP contribution is -2.44. The van der Waals surface area contributed by atoms with Gasteiger partial charge in [0.1, 0.15) is 11.9 Å². The lowest BCUT2D eigenvalue weighted by Gasteiger charge is -2.24. The Labute approximate surface area is 189 Å². The number of carbonyl (C=O) groups is 2. The van der Waals surface area contributed by atoms with Crippen LogP contribution in [0.1, 0.15) is 30.6 Å². The molecular formula is C22H27BrFN3O2S. The van der Waals surface area contributed by atoms with Crippen molar-refractivity contribution in [2.75, 3.05) is 29.3 Å². The molecule has 8 heteroatoms. The average Bonchev–Trinajstić information content (AvgIpc) is 2.70. The summed E-state index contributed by atoms with van der Waals surface area (Å²) >= 11 is 4.94. The van der Waals surface area contributed by atoms with Crippen molar-refractivity contribution >= 4 is 50.9 Å². The van der Waals surface area contributed by atoms with E-state index in [1.165, 1.54) is 6.07 Å². The molecule has 2 amide bonds. The molecule has 0 fully saturated rings. The van der Waals surface area contributed by atoms with Crippen molar-refractivity contribution < 1.29 is 14.0 Å². The van der Waals surface area contributed by atoms with Crippen molar-refractivity contribution in [3.63, 3.8) is 0 Å². The van der Waals surface area contributed by atoms with E-state index >= 15 is 0 Å². The lowest BCUT2D eigenvalue weighted by atomic mass is 10.1. The quantitative estimate of drug-likeness (QED) is 0.517. The highest BCUT2D eigenvalue weighted by atomic mass is 79.9. The number of halogens is 2. The minimum Gasteiger partial charge on any atom is -0.370 e. The Morgan fingerprint density at radius 1 is 1.20 bits per heavy atom. The number of hydrogen-bond acceptors (Lipinski definition) is 4. The number of hydrogen-bond donors (Lipinski definition) is 2. The molecule has 162 valence electrons. The largest absolute Gasteiger partial charge is 0.370 e. The summed E-state index contributed by atoms with van der Waals surface area (Å²) < 4.78 is 15.2. The number of carbonyl (C=O) groups excluding carboxylic acids is 2. The maximum atomic E-state index is 14.5. The third kappa shape index (κ3) is 6.47. The van der Waals surface area contributed by atoms with Crippen LogP contribution in [-0.2, 0) is 4.79 Å². The standard InChI is InChI=1S/C22H27BrFN3O2S/c1-14(2)27(3)20-10-9-15(13-18(20)24)25-22(29)19(11-12-30-4)26-21(28)16-7-5-6-8-17(16)23/h5-10,13-14,19H,11-12H2,1-4H3,(H,25,29)(H,26,28). The number of benzene rings is 2. The molecule has 0 aromatic heterocycles. The van der Waals surface area contributed by atoms with Gasteiger partial charge in [-0.05, 0) is 78.5 Å². The topological polar surface area (TPSA) is 61.4 Å². The van der Waals surface area contributed by atoms with E-state index in [1.54, 1.807) is 42.1 Å². The summed E-state index contributed by atoms with van der Waals surface area (Å²) in [6.45, 7) is 3.94. The van der Waals surface area contributed by atoms with Gasteiger partial charge >= 0.3 is 0 Å². The fraction of sp³-hybridized carbons (Fsp3) is 0.364. The Balaban J connectivity index is 2.14. The van der Waals surface area contributed by atoms with E-state index in [2.05, 4.69) is 26.6 Å². The van der Waals surface area contributed by atoms with Gasteiger partial charge in [-0.1, -0.05) is 12.1 Å². The zero-order valence-electron chi connectivity index (χ0n) is 17.5. The van der Waals surface area contributed by atoms with Gasteiger partial charge in [-0.15, -0.1) is 0 Å². The Hall–Kier alpha value is -2.06. The molecule has 0 saturated heterocycles. The maximum Gasteiger partial charge on any atom is 0.253 e. The molecule has 1 atom stereocenters. The van der Waals surface area contributed by atoms with Gasteiger partial charge in [0.15, 0.2) is 0 Å². The second-order valence-corrected chi connectivity index (χ2v) is 8.99. The summed E-state index contributed by atoms with van der Waals surface area (Å²) in [5.74, 6) is -0.444. The second kappa shape index (κ2) is 11.4. The summed E-state index contributed by atoms with van der Waals surface area (Å²) in [7, 11) is 1.82. The molecule has 5 nitrogen and oxygen atoms in total. The van der Waals surface area contributed by atoms with Gasteiger partial charge in [0, 0.05) is 23.2 Å². The van der Waals surface area contributed by atoms with Gasteiger partial charge in [0.05, 0.1) is 11.3 Å². The third-order valence-electron chi connectivity index (χ3n) is 4.72. The number of thioether (sulfide) groups is 1. The molecule has 0 aliphatic carbocycles. The van der Waals surface area contributed by atoms with Crippen molar-refractivity contribution in [1.29, 1.82) is 0 Å². The van der Waals surface area contributed by atoms with E-state index in [-0.39, 0.29) is 17.9 Å². The predicted molar refractivity (Wildman–Crippen MR) is 127 cm³/mol. The zero-order valence-corrected chi connectivity index (χ0v) is 19.9. The zero-order chi connectivity index (χ0) is 22.3. The minimum absolute atomic E-state index is 0.142. The predicted octanol–water partition coefficient (Wildman–Crippen LogP) is 4.92. The average molecular weight is 496 g/mol. The molecule has 0 spiro atoms. The number of nitrogens with zero attached hydrogens (tertiary/aromatic N) is 1. The summed E-state index contributed by atoms with van der Waals surface area (Å²) in [4.78, 5) is 27.3. The van der Waals surface area contributed by atoms with Crippen LogP contribution >= 0.6 is 27.7 Å². The second-order valence-electron chi connectivity index (χ2n) is 7.15. The molecule has 0 heterocycles. The molecule has 1 unspecified atom stereocenters. The highest BCUT2D eigenvalue weighted by Gasteiger charge is 2.22. The van der Waals surface area contributed by atoms with Crippen LogP contribution in [0.2, 0.25) is 0 Å². The molecule has 2 rings (SSSR count). The minimum atomic E-state index is -0.738. The molecule has 2 N–H and O–H groups in total. The maximum absolute atomic E-state index is 14.5. The SMILES string of the molecule is CSCCC(NC(=O)c1ccccc1Br)C(=O)Nc1ccc(N(C)C(C)C)c(F)c1. The van der Waals surface area contributed by atoms with Crippen molar-refractivity contribution in [3.05, 3.63) is 58.3 Å². The fourth-order valence-electron chi connectivity index (χ4n) is 2.76. The summed E-state index contributed by atoms with van der Waals surface area (Å²) in [6, 6.07) is 11.0.